The van der Waals surface area contributed by atoms with Crippen molar-refractivity contribution in [2.24, 2.45) is 0 Å². The summed E-state index contributed by atoms with van der Waals surface area (Å²) in [6.45, 7) is 3.25. The van der Waals surface area contributed by atoms with Crippen molar-refractivity contribution < 1.29 is 23.8 Å². The third kappa shape index (κ3) is 4.18. The van der Waals surface area contributed by atoms with Crippen LogP contribution < -0.4 is 14.2 Å². The van der Waals surface area contributed by atoms with Crippen LogP contribution in [0.15, 0.2) is 72.8 Å². The Hall–Kier alpha value is -4.50. The monoisotopic (exact) mass is 564 g/mol. The van der Waals surface area contributed by atoms with Crippen molar-refractivity contribution in [3.05, 3.63) is 89.6 Å². The number of nitrogens with one attached hydrogen (secondary N) is 1. The van der Waals surface area contributed by atoms with E-state index in [1.807, 2.05) is 76.5 Å². The minimum absolute atomic E-state index is 0.00804. The van der Waals surface area contributed by atoms with Gasteiger partial charge in [-0.15, -0.1) is 0 Å². The predicted molar refractivity (Wildman–Crippen MR) is 156 cm³/mol. The Morgan fingerprint density at radius 2 is 1.79 bits per heavy atom. The molecule has 2 fully saturated rings. The molecule has 9 heteroatoms. The van der Waals surface area contributed by atoms with E-state index in [1.54, 1.807) is 0 Å². The molecule has 1 aromatic heterocycles. The average molecular weight is 565 g/mol. The molecule has 0 bridgehead atoms. The Kier molecular flexibility index (Phi) is 6.06. The van der Waals surface area contributed by atoms with E-state index in [9.17, 15) is 9.59 Å². The van der Waals surface area contributed by atoms with E-state index >= 15 is 0 Å². The van der Waals surface area contributed by atoms with Crippen LogP contribution in [-0.2, 0) is 16.0 Å². The van der Waals surface area contributed by atoms with Crippen LogP contribution in [0.2, 0.25) is 0 Å². The zero-order chi connectivity index (χ0) is 28.2. The molecule has 0 unspecified atom stereocenters. The number of carbonyl (C=O) groups excluding carboxylic acids is 2. The molecule has 4 aliphatic rings. The van der Waals surface area contributed by atoms with Crippen LogP contribution in [0, 0.1) is 0 Å². The van der Waals surface area contributed by atoms with Crippen LogP contribution in [-0.4, -0.2) is 83.2 Å². The molecule has 2 amide bonds. The maximum absolute atomic E-state index is 14.3. The number of nitrogens with zero attached hydrogens (tertiary/aromatic N) is 3. The van der Waals surface area contributed by atoms with Gasteiger partial charge in [-0.2, -0.15) is 0 Å². The first-order valence-corrected chi connectivity index (χ1v) is 14.6. The Balaban J connectivity index is 1.07. The predicted octanol–water partition coefficient (Wildman–Crippen LogP) is 3.73. The molecule has 42 heavy (non-hydrogen) atoms. The fourth-order valence-corrected chi connectivity index (χ4v) is 7.10. The molecule has 3 atom stereocenters. The van der Waals surface area contributed by atoms with Gasteiger partial charge in [0.05, 0.1) is 6.04 Å². The van der Waals surface area contributed by atoms with Gasteiger partial charge in [0, 0.05) is 48.7 Å². The molecule has 8 rings (SSSR count). The summed E-state index contributed by atoms with van der Waals surface area (Å²) in [5, 5.41) is 1.10. The van der Waals surface area contributed by atoms with Crippen molar-refractivity contribution in [3.8, 4) is 17.2 Å². The first-order valence-electron chi connectivity index (χ1n) is 14.6. The number of ether oxygens (including phenoxy) is 3. The SMILES string of the molecule is O=C1[C@H]2Cc3c([nH]c4ccccc34)[C@@H](c3ccc4c(c3)OCO4)N2C(=O)CN1[C@@H]1CCN(CCOc2ccccc2)C1. The number of carbonyl (C=O) groups is 2. The van der Waals surface area contributed by atoms with Gasteiger partial charge >= 0.3 is 0 Å². The summed E-state index contributed by atoms with van der Waals surface area (Å²) < 4.78 is 17.1. The quantitative estimate of drug-likeness (QED) is 0.384. The number of amides is 2. The largest absolute Gasteiger partial charge is 0.492 e. The highest BCUT2D eigenvalue weighted by atomic mass is 16.7. The number of likely N-dealkylation sites (tertiary alicyclic amines) is 1. The van der Waals surface area contributed by atoms with E-state index in [4.69, 9.17) is 14.2 Å². The number of fused-ring (bicyclic) bond motifs is 5. The van der Waals surface area contributed by atoms with Crippen LogP contribution in [0.3, 0.4) is 0 Å². The van der Waals surface area contributed by atoms with E-state index in [1.165, 1.54) is 0 Å². The van der Waals surface area contributed by atoms with E-state index < -0.39 is 12.1 Å². The van der Waals surface area contributed by atoms with Gasteiger partial charge in [-0.3, -0.25) is 14.5 Å². The smallest absolute Gasteiger partial charge is 0.246 e. The lowest BCUT2D eigenvalue weighted by Crippen LogP contribution is -2.65. The Morgan fingerprint density at radius 3 is 2.69 bits per heavy atom. The maximum atomic E-state index is 14.3. The summed E-state index contributed by atoms with van der Waals surface area (Å²) in [4.78, 5) is 37.9. The van der Waals surface area contributed by atoms with Crippen molar-refractivity contribution in [2.75, 3.05) is 39.6 Å². The molecule has 0 spiro atoms. The van der Waals surface area contributed by atoms with E-state index in [2.05, 4.69) is 16.0 Å². The lowest BCUT2D eigenvalue weighted by Gasteiger charge is -2.48. The second kappa shape index (κ2) is 10.1. The molecule has 3 aromatic carbocycles. The summed E-state index contributed by atoms with van der Waals surface area (Å²) in [7, 11) is 0. The first kappa shape index (κ1) is 25.2. The molecule has 4 aromatic rings. The van der Waals surface area contributed by atoms with Gasteiger partial charge < -0.3 is 29.0 Å². The summed E-state index contributed by atoms with van der Waals surface area (Å²) in [5.74, 6) is 2.21. The van der Waals surface area contributed by atoms with Crippen molar-refractivity contribution in [3.63, 3.8) is 0 Å². The average Bonchev–Trinajstić information content (AvgIpc) is 3.77. The van der Waals surface area contributed by atoms with E-state index in [0.29, 0.717) is 24.5 Å². The molecule has 1 N–H and O–H groups in total. The first-order chi connectivity index (χ1) is 20.6. The van der Waals surface area contributed by atoms with Gasteiger partial charge in [0.25, 0.3) is 0 Å². The van der Waals surface area contributed by atoms with Gasteiger partial charge in [-0.25, -0.2) is 0 Å². The number of H-pyrrole nitrogens is 1. The van der Waals surface area contributed by atoms with Gasteiger partial charge in [0.15, 0.2) is 11.5 Å². The van der Waals surface area contributed by atoms with Gasteiger partial charge in [-0.05, 0) is 47.9 Å². The molecular weight excluding hydrogens is 532 g/mol. The zero-order valence-corrected chi connectivity index (χ0v) is 23.2. The molecule has 9 nitrogen and oxygen atoms in total. The molecular formula is C33H32N4O5. The fourth-order valence-electron chi connectivity index (χ4n) is 7.10. The fraction of sp³-hybridized carbons (Fsp3) is 0.333. The highest BCUT2D eigenvalue weighted by Gasteiger charge is 2.50. The van der Waals surface area contributed by atoms with Crippen LogP contribution in [0.1, 0.15) is 29.3 Å². The van der Waals surface area contributed by atoms with Gasteiger partial charge in [0.2, 0.25) is 18.6 Å². The highest BCUT2D eigenvalue weighted by Crippen LogP contribution is 2.45. The number of rotatable bonds is 6. The van der Waals surface area contributed by atoms with Gasteiger partial charge in [-0.1, -0.05) is 42.5 Å². The highest BCUT2D eigenvalue weighted by molar-refractivity contribution is 5.98. The van der Waals surface area contributed by atoms with Crippen molar-refractivity contribution in [2.45, 2.75) is 31.0 Å². The summed E-state index contributed by atoms with van der Waals surface area (Å²) in [6, 6.07) is 22.8. The summed E-state index contributed by atoms with van der Waals surface area (Å²) in [6.07, 6.45) is 1.34. The third-order valence-corrected chi connectivity index (χ3v) is 9.11. The minimum atomic E-state index is -0.566. The van der Waals surface area contributed by atoms with E-state index in [0.717, 1.165) is 59.5 Å². The second-order valence-electron chi connectivity index (χ2n) is 11.5. The molecule has 0 saturated carbocycles. The van der Waals surface area contributed by atoms with Crippen molar-refractivity contribution >= 4 is 22.7 Å². The molecule has 4 aliphatic heterocycles. The Bertz CT molecular complexity index is 1670. The molecule has 0 aliphatic carbocycles. The minimum Gasteiger partial charge on any atom is -0.492 e. The van der Waals surface area contributed by atoms with Crippen molar-refractivity contribution in [1.82, 2.24) is 19.7 Å². The van der Waals surface area contributed by atoms with Crippen LogP contribution >= 0.6 is 0 Å². The lowest BCUT2D eigenvalue weighted by molar-refractivity contribution is -0.160. The standard InChI is InChI=1S/C33H32N4O5/c38-30-19-36(22-12-13-35(18-22)14-15-40-23-6-2-1-3-7-23)33(39)27-17-25-24-8-4-5-9-26(24)34-31(25)32(37(27)30)21-10-11-28-29(16-21)42-20-41-28/h1-11,16,22,27,32,34H,12-15,17-20H2/t22-,27-,32-/m1/s1. The number of para-hydroxylation sites is 2. The molecule has 2 saturated heterocycles. The Morgan fingerprint density at radius 1 is 0.952 bits per heavy atom. The third-order valence-electron chi connectivity index (χ3n) is 9.11. The molecule has 214 valence electrons. The van der Waals surface area contributed by atoms with Gasteiger partial charge in [0.1, 0.15) is 24.9 Å². The zero-order valence-electron chi connectivity index (χ0n) is 23.2. The van der Waals surface area contributed by atoms with E-state index in [-0.39, 0.29) is 31.2 Å². The number of aromatic nitrogens is 1. The number of hydrogen-bond donors (Lipinski definition) is 1. The number of piperazine rings is 1. The summed E-state index contributed by atoms with van der Waals surface area (Å²) >= 11 is 0. The van der Waals surface area contributed by atoms with Crippen LogP contribution in [0.25, 0.3) is 10.9 Å². The van der Waals surface area contributed by atoms with Crippen LogP contribution in [0.5, 0.6) is 17.2 Å². The summed E-state index contributed by atoms with van der Waals surface area (Å²) in [5.41, 5.74) is 3.97. The van der Waals surface area contributed by atoms with Crippen LogP contribution in [0.4, 0.5) is 0 Å². The second-order valence-corrected chi connectivity index (χ2v) is 11.5. The maximum Gasteiger partial charge on any atom is 0.246 e. The molecule has 5 heterocycles. The van der Waals surface area contributed by atoms with Crippen molar-refractivity contribution in [1.29, 1.82) is 0 Å². The number of benzene rings is 3. The number of aromatic amines is 1. The topological polar surface area (TPSA) is 87.3 Å². The normalized spacial score (nSPS) is 23.4. The Labute approximate surface area is 243 Å². The number of hydrogen-bond acceptors (Lipinski definition) is 6. The molecule has 0 radical (unpaired) electrons. The lowest BCUT2D eigenvalue weighted by atomic mass is 9.85.